The number of hydrogen-bond acceptors (Lipinski definition) is 5. The minimum atomic E-state index is -0.786. The van der Waals surface area contributed by atoms with E-state index in [-0.39, 0.29) is 30.6 Å². The fraction of sp³-hybridized carbons (Fsp3) is 0.529. The molecule has 5 rings (SSSR count). The van der Waals surface area contributed by atoms with Crippen LogP contribution in [0.1, 0.15) is 31.9 Å². The van der Waals surface area contributed by atoms with Crippen molar-refractivity contribution in [3.8, 4) is 11.5 Å². The third-order valence-corrected chi connectivity index (χ3v) is 7.53. The van der Waals surface area contributed by atoms with Crippen molar-refractivity contribution in [2.24, 2.45) is 5.92 Å². The first-order valence-corrected chi connectivity index (χ1v) is 8.92. The highest BCUT2D eigenvalue weighted by molar-refractivity contribution is 8.04. The Kier molecular flexibility index (Phi) is 2.53. The number of ether oxygens (including phenoxy) is 2. The number of fused-ring (bicyclic) bond motifs is 2. The summed E-state index contributed by atoms with van der Waals surface area (Å²) in [5.41, 5.74) is 1.00. The summed E-state index contributed by atoms with van der Waals surface area (Å²) in [7, 11) is 1.73. The van der Waals surface area contributed by atoms with Crippen LogP contribution in [0.3, 0.4) is 0 Å². The number of likely N-dealkylation sites (N-methyl/N-ethyl adjacent to an activating group) is 1. The van der Waals surface area contributed by atoms with E-state index in [1.807, 2.05) is 30.0 Å². The first-order valence-electron chi connectivity index (χ1n) is 8.10. The Morgan fingerprint density at radius 1 is 1.21 bits per heavy atom. The van der Waals surface area contributed by atoms with E-state index in [0.29, 0.717) is 12.2 Å². The zero-order valence-electron chi connectivity index (χ0n) is 13.7. The van der Waals surface area contributed by atoms with E-state index in [2.05, 4.69) is 6.92 Å². The molecule has 6 nitrogen and oxygen atoms in total. The maximum atomic E-state index is 13.1. The zero-order chi connectivity index (χ0) is 16.9. The van der Waals surface area contributed by atoms with Crippen LogP contribution in [-0.4, -0.2) is 45.2 Å². The Balaban J connectivity index is 1.62. The molecule has 0 radical (unpaired) electrons. The average molecular weight is 346 g/mol. The topological polar surface area (TPSA) is 59.1 Å². The number of carbonyl (C=O) groups is 2. The predicted molar refractivity (Wildman–Crippen MR) is 87.4 cm³/mol. The fourth-order valence-electron chi connectivity index (χ4n) is 4.58. The molecule has 0 saturated carbocycles. The van der Waals surface area contributed by atoms with Crippen LogP contribution in [0.15, 0.2) is 18.2 Å². The van der Waals surface area contributed by atoms with Crippen LogP contribution in [-0.2, 0) is 9.59 Å². The molecule has 4 heterocycles. The smallest absolute Gasteiger partial charge is 0.260 e. The molecular formula is C17H18N2O4S. The number of thioether (sulfide) groups is 1. The van der Waals surface area contributed by atoms with Gasteiger partial charge in [-0.05, 0) is 37.0 Å². The molecule has 4 aliphatic heterocycles. The molecule has 0 aromatic heterocycles. The molecule has 3 fully saturated rings. The molecule has 1 aromatic carbocycles. The average Bonchev–Trinajstić information content (AvgIpc) is 3.22. The number of carbonyl (C=O) groups excluding carboxylic acids is 2. The lowest BCUT2D eigenvalue weighted by Gasteiger charge is -2.39. The van der Waals surface area contributed by atoms with Crippen LogP contribution >= 0.6 is 11.8 Å². The number of amides is 2. The number of nitrogens with zero attached hydrogens (tertiary/aromatic N) is 2. The summed E-state index contributed by atoms with van der Waals surface area (Å²) >= 11 is 1.50. The summed E-state index contributed by atoms with van der Waals surface area (Å²) in [6.45, 7) is 4.19. The Bertz CT molecular complexity index is 799. The largest absolute Gasteiger partial charge is 0.454 e. The molecule has 1 spiro atoms. The number of piperazine rings is 1. The molecule has 4 atom stereocenters. The molecule has 2 bridgehead atoms. The van der Waals surface area contributed by atoms with Crippen LogP contribution in [0.2, 0.25) is 0 Å². The molecule has 4 unspecified atom stereocenters. The summed E-state index contributed by atoms with van der Waals surface area (Å²) in [5, 5.41) is 0. The molecular weight excluding hydrogens is 328 g/mol. The van der Waals surface area contributed by atoms with Crippen LogP contribution in [0.4, 0.5) is 0 Å². The van der Waals surface area contributed by atoms with E-state index in [4.69, 9.17) is 9.47 Å². The van der Waals surface area contributed by atoms with E-state index >= 15 is 0 Å². The van der Waals surface area contributed by atoms with Gasteiger partial charge in [0, 0.05) is 7.05 Å². The van der Waals surface area contributed by atoms with Crippen molar-refractivity contribution in [1.29, 1.82) is 0 Å². The van der Waals surface area contributed by atoms with E-state index in [1.165, 1.54) is 11.8 Å². The van der Waals surface area contributed by atoms with Gasteiger partial charge in [-0.2, -0.15) is 0 Å². The summed E-state index contributed by atoms with van der Waals surface area (Å²) in [4.78, 5) is 28.0. The van der Waals surface area contributed by atoms with Crippen molar-refractivity contribution < 1.29 is 19.1 Å². The highest BCUT2D eigenvalue weighted by atomic mass is 32.2. The highest BCUT2D eigenvalue weighted by Crippen LogP contribution is 2.66. The molecule has 3 saturated heterocycles. The van der Waals surface area contributed by atoms with Gasteiger partial charge in [0.25, 0.3) is 11.8 Å². The molecule has 1 aromatic rings. The molecule has 24 heavy (non-hydrogen) atoms. The highest BCUT2D eigenvalue weighted by Gasteiger charge is 2.76. The van der Waals surface area contributed by atoms with Gasteiger partial charge < -0.3 is 19.3 Å². The van der Waals surface area contributed by atoms with E-state index in [9.17, 15) is 9.59 Å². The minimum Gasteiger partial charge on any atom is -0.454 e. The van der Waals surface area contributed by atoms with Crippen molar-refractivity contribution in [1.82, 2.24) is 9.80 Å². The second kappa shape index (κ2) is 4.20. The van der Waals surface area contributed by atoms with Crippen molar-refractivity contribution in [3.63, 3.8) is 0 Å². The summed E-state index contributed by atoms with van der Waals surface area (Å²) < 4.78 is 10.9. The van der Waals surface area contributed by atoms with Gasteiger partial charge >= 0.3 is 0 Å². The van der Waals surface area contributed by atoms with Gasteiger partial charge in [-0.25, -0.2) is 0 Å². The van der Waals surface area contributed by atoms with Gasteiger partial charge in [0.15, 0.2) is 21.2 Å². The van der Waals surface area contributed by atoms with E-state index in [1.54, 1.807) is 11.9 Å². The van der Waals surface area contributed by atoms with Crippen LogP contribution in [0, 0.1) is 5.92 Å². The maximum absolute atomic E-state index is 13.1. The Morgan fingerprint density at radius 3 is 2.75 bits per heavy atom. The van der Waals surface area contributed by atoms with Crippen molar-refractivity contribution in [3.05, 3.63) is 23.8 Å². The quantitative estimate of drug-likeness (QED) is 0.778. The third-order valence-electron chi connectivity index (χ3n) is 5.81. The molecule has 7 heteroatoms. The van der Waals surface area contributed by atoms with Crippen molar-refractivity contribution in [2.45, 2.75) is 36.1 Å². The first kappa shape index (κ1) is 14.5. The second-order valence-electron chi connectivity index (χ2n) is 7.15. The van der Waals surface area contributed by atoms with Gasteiger partial charge in [-0.1, -0.05) is 24.8 Å². The van der Waals surface area contributed by atoms with E-state index < -0.39 is 9.74 Å². The molecule has 0 N–H and O–H groups in total. The Morgan fingerprint density at radius 2 is 1.96 bits per heavy atom. The second-order valence-corrected chi connectivity index (χ2v) is 8.82. The van der Waals surface area contributed by atoms with Gasteiger partial charge in [0.1, 0.15) is 0 Å². The SMILES string of the molecule is CC1CC23SC(C)(C(=O)N2C1c1ccc2c(c1)OCO2)N(C)C3=O. The van der Waals surface area contributed by atoms with Gasteiger partial charge in [0.05, 0.1) is 6.04 Å². The van der Waals surface area contributed by atoms with Crippen molar-refractivity contribution in [2.75, 3.05) is 13.8 Å². The number of hydrogen-bond donors (Lipinski definition) is 0. The zero-order valence-corrected chi connectivity index (χ0v) is 14.6. The summed E-state index contributed by atoms with van der Waals surface area (Å²) in [5.74, 6) is 1.71. The predicted octanol–water partition coefficient (Wildman–Crippen LogP) is 1.96. The Labute approximate surface area is 144 Å². The van der Waals surface area contributed by atoms with Gasteiger partial charge in [-0.3, -0.25) is 9.59 Å². The van der Waals surface area contributed by atoms with E-state index in [0.717, 1.165) is 11.3 Å². The molecule has 126 valence electrons. The van der Waals surface area contributed by atoms with Crippen LogP contribution < -0.4 is 9.47 Å². The lowest BCUT2D eigenvalue weighted by molar-refractivity contribution is -0.159. The Hall–Kier alpha value is -1.89. The minimum absolute atomic E-state index is 0.0293. The van der Waals surface area contributed by atoms with Crippen molar-refractivity contribution >= 4 is 23.6 Å². The van der Waals surface area contributed by atoms with Crippen LogP contribution in [0.25, 0.3) is 0 Å². The van der Waals surface area contributed by atoms with Crippen LogP contribution in [0.5, 0.6) is 11.5 Å². The monoisotopic (exact) mass is 346 g/mol. The maximum Gasteiger partial charge on any atom is 0.260 e. The lowest BCUT2D eigenvalue weighted by atomic mass is 9.94. The molecule has 0 aliphatic carbocycles. The fourth-order valence-corrected chi connectivity index (χ4v) is 6.51. The van der Waals surface area contributed by atoms with Gasteiger partial charge in [-0.15, -0.1) is 0 Å². The normalized spacial score (nSPS) is 39.1. The number of rotatable bonds is 1. The number of benzene rings is 1. The molecule has 2 amide bonds. The first-order chi connectivity index (χ1) is 11.4. The lowest BCUT2D eigenvalue weighted by Crippen LogP contribution is -2.60. The standard InChI is InChI=1S/C17H18N2O4S/c1-9-7-17-15(21)18(3)16(2,24-17)14(20)19(17)13(9)10-4-5-11-12(6-10)23-8-22-11/h4-6,9,13H,7-8H2,1-3H3. The molecule has 4 aliphatic rings. The summed E-state index contributed by atoms with van der Waals surface area (Å²) in [6.07, 6.45) is 0.682. The summed E-state index contributed by atoms with van der Waals surface area (Å²) in [6, 6.07) is 5.70. The third kappa shape index (κ3) is 1.41. The van der Waals surface area contributed by atoms with Gasteiger partial charge in [0.2, 0.25) is 6.79 Å².